The van der Waals surface area contributed by atoms with Crippen molar-refractivity contribution in [3.8, 4) is 0 Å². The summed E-state index contributed by atoms with van der Waals surface area (Å²) in [6, 6.07) is 0. The molecule has 0 saturated heterocycles. The molecular formula is C10H12. The molecule has 0 aliphatic heterocycles. The summed E-state index contributed by atoms with van der Waals surface area (Å²) >= 11 is 0. The van der Waals surface area contributed by atoms with Gasteiger partial charge in [0.15, 0.2) is 0 Å². The summed E-state index contributed by atoms with van der Waals surface area (Å²) in [6.45, 7) is 0. The van der Waals surface area contributed by atoms with E-state index in [2.05, 4.69) is 24.3 Å². The molecule has 0 heterocycles. The van der Waals surface area contributed by atoms with Crippen LogP contribution in [0.2, 0.25) is 0 Å². The Bertz CT molecular complexity index is 194. The average molecular weight is 132 g/mol. The van der Waals surface area contributed by atoms with E-state index in [1.54, 1.807) is 5.57 Å². The Morgan fingerprint density at radius 1 is 0.900 bits per heavy atom. The fraction of sp³-hybridized carbons (Fsp3) is 0.400. The number of hydrogen-bond acceptors (Lipinski definition) is 0. The summed E-state index contributed by atoms with van der Waals surface area (Å²) in [5, 5.41) is 0. The highest BCUT2D eigenvalue weighted by molar-refractivity contribution is 5.40. The topological polar surface area (TPSA) is 0 Å². The summed E-state index contributed by atoms with van der Waals surface area (Å²) in [7, 11) is 0. The number of allylic oxidation sites excluding steroid dienone is 6. The molecule has 0 aromatic rings. The molecule has 0 heteroatoms. The van der Waals surface area contributed by atoms with Gasteiger partial charge in [-0.25, -0.2) is 0 Å². The Labute approximate surface area is 61.9 Å². The van der Waals surface area contributed by atoms with Crippen LogP contribution < -0.4 is 0 Å². The molecule has 0 aromatic heterocycles. The number of hydrogen-bond donors (Lipinski definition) is 0. The van der Waals surface area contributed by atoms with E-state index in [0.29, 0.717) is 0 Å². The second-order valence-electron chi connectivity index (χ2n) is 2.94. The number of rotatable bonds is 0. The molecule has 0 N–H and O–H groups in total. The van der Waals surface area contributed by atoms with Gasteiger partial charge >= 0.3 is 0 Å². The Balaban J connectivity index is 2.32. The van der Waals surface area contributed by atoms with Crippen molar-refractivity contribution in [2.45, 2.75) is 25.7 Å². The molecule has 0 atom stereocenters. The smallest absolute Gasteiger partial charge is 0.0271 e. The maximum absolute atomic E-state index is 2.27. The first-order chi connectivity index (χ1) is 4.97. The molecule has 0 spiro atoms. The minimum absolute atomic E-state index is 1.26. The highest BCUT2D eigenvalue weighted by atomic mass is 14.1. The zero-order chi connectivity index (χ0) is 6.81. The van der Waals surface area contributed by atoms with Gasteiger partial charge in [-0.3, -0.25) is 0 Å². The first kappa shape index (κ1) is 5.96. The summed E-state index contributed by atoms with van der Waals surface area (Å²) in [5.74, 6) is 0. The molecular weight excluding hydrogens is 120 g/mol. The minimum atomic E-state index is 1.26. The molecule has 0 bridgehead atoms. The molecule has 52 valence electrons. The highest BCUT2D eigenvalue weighted by Gasteiger charge is 2.07. The molecule has 0 fully saturated rings. The molecule has 0 aromatic carbocycles. The van der Waals surface area contributed by atoms with E-state index < -0.39 is 0 Å². The first-order valence-corrected chi connectivity index (χ1v) is 4.02. The summed E-state index contributed by atoms with van der Waals surface area (Å²) in [4.78, 5) is 0. The average Bonchev–Trinajstić information content (AvgIpc) is 2.05. The quantitative estimate of drug-likeness (QED) is 0.475. The summed E-state index contributed by atoms with van der Waals surface area (Å²) in [5.41, 5.74) is 3.16. The largest absolute Gasteiger partial charge is 0.0836 e. The van der Waals surface area contributed by atoms with Crippen LogP contribution in [0.5, 0.6) is 0 Å². The predicted octanol–water partition coefficient (Wildman–Crippen LogP) is 2.98. The van der Waals surface area contributed by atoms with Gasteiger partial charge in [-0.2, -0.15) is 0 Å². The predicted molar refractivity (Wildman–Crippen MR) is 43.8 cm³/mol. The van der Waals surface area contributed by atoms with E-state index in [4.69, 9.17) is 0 Å². The van der Waals surface area contributed by atoms with Crippen LogP contribution in [0.4, 0.5) is 0 Å². The maximum Gasteiger partial charge on any atom is -0.0271 e. The van der Waals surface area contributed by atoms with Crippen LogP contribution >= 0.6 is 0 Å². The van der Waals surface area contributed by atoms with E-state index in [1.165, 1.54) is 31.3 Å². The fourth-order valence-electron chi connectivity index (χ4n) is 1.64. The molecule has 0 saturated carbocycles. The van der Waals surface area contributed by atoms with Crippen LogP contribution in [-0.4, -0.2) is 0 Å². The lowest BCUT2D eigenvalue weighted by Gasteiger charge is -2.15. The first-order valence-electron chi connectivity index (χ1n) is 4.02. The SMILES string of the molecule is C1=CC2=C(CC1)CCC=C2. The zero-order valence-electron chi connectivity index (χ0n) is 6.14. The van der Waals surface area contributed by atoms with Crippen LogP contribution in [0.15, 0.2) is 35.5 Å². The molecule has 10 heavy (non-hydrogen) atoms. The summed E-state index contributed by atoms with van der Waals surface area (Å²) < 4.78 is 0. The van der Waals surface area contributed by atoms with Gasteiger partial charge in [0.05, 0.1) is 0 Å². The second kappa shape index (κ2) is 2.45. The third-order valence-electron chi connectivity index (χ3n) is 2.23. The van der Waals surface area contributed by atoms with Crippen molar-refractivity contribution >= 4 is 0 Å². The van der Waals surface area contributed by atoms with E-state index in [1.807, 2.05) is 0 Å². The molecule has 0 nitrogen and oxygen atoms in total. The van der Waals surface area contributed by atoms with Gasteiger partial charge in [0.25, 0.3) is 0 Å². The monoisotopic (exact) mass is 132 g/mol. The molecule has 2 aliphatic rings. The minimum Gasteiger partial charge on any atom is -0.0836 e. The van der Waals surface area contributed by atoms with E-state index in [9.17, 15) is 0 Å². The van der Waals surface area contributed by atoms with Gasteiger partial charge in [-0.15, -0.1) is 0 Å². The maximum atomic E-state index is 2.27. The van der Waals surface area contributed by atoms with Crippen LogP contribution in [0.3, 0.4) is 0 Å². The van der Waals surface area contributed by atoms with Crippen LogP contribution in [0, 0.1) is 0 Å². The summed E-state index contributed by atoms with van der Waals surface area (Å²) in [6.07, 6.45) is 14.2. The Kier molecular flexibility index (Phi) is 1.46. The van der Waals surface area contributed by atoms with Crippen molar-refractivity contribution in [3.05, 3.63) is 35.5 Å². The van der Waals surface area contributed by atoms with Gasteiger partial charge in [-0.05, 0) is 31.3 Å². The van der Waals surface area contributed by atoms with Gasteiger partial charge < -0.3 is 0 Å². The van der Waals surface area contributed by atoms with E-state index in [-0.39, 0.29) is 0 Å². The van der Waals surface area contributed by atoms with Crippen molar-refractivity contribution < 1.29 is 0 Å². The van der Waals surface area contributed by atoms with Gasteiger partial charge in [0.1, 0.15) is 0 Å². The standard InChI is InChI=1S/C10H12/c1-2-6-10-8-4-3-7-9(10)5-1/h1,3,5,7H,2,4,6,8H2. The lowest BCUT2D eigenvalue weighted by Crippen LogP contribution is -1.96. The van der Waals surface area contributed by atoms with Gasteiger partial charge in [-0.1, -0.05) is 29.9 Å². The Hall–Kier alpha value is -0.780. The Morgan fingerprint density at radius 2 is 1.50 bits per heavy atom. The third-order valence-corrected chi connectivity index (χ3v) is 2.23. The van der Waals surface area contributed by atoms with Crippen molar-refractivity contribution in [3.63, 3.8) is 0 Å². The van der Waals surface area contributed by atoms with Crippen molar-refractivity contribution in [2.75, 3.05) is 0 Å². The van der Waals surface area contributed by atoms with Crippen molar-refractivity contribution in [1.82, 2.24) is 0 Å². The fourth-order valence-corrected chi connectivity index (χ4v) is 1.64. The lowest BCUT2D eigenvalue weighted by atomic mass is 9.90. The van der Waals surface area contributed by atoms with E-state index >= 15 is 0 Å². The van der Waals surface area contributed by atoms with Gasteiger partial charge in [0, 0.05) is 0 Å². The van der Waals surface area contributed by atoms with Crippen molar-refractivity contribution in [1.29, 1.82) is 0 Å². The van der Waals surface area contributed by atoms with E-state index in [0.717, 1.165) is 0 Å². The van der Waals surface area contributed by atoms with Crippen LogP contribution in [-0.2, 0) is 0 Å². The highest BCUT2D eigenvalue weighted by Crippen LogP contribution is 2.27. The Morgan fingerprint density at radius 3 is 2.00 bits per heavy atom. The van der Waals surface area contributed by atoms with Crippen LogP contribution in [0.25, 0.3) is 0 Å². The molecule has 0 unspecified atom stereocenters. The second-order valence-corrected chi connectivity index (χ2v) is 2.94. The zero-order valence-corrected chi connectivity index (χ0v) is 6.14. The van der Waals surface area contributed by atoms with Gasteiger partial charge in [0.2, 0.25) is 0 Å². The third kappa shape index (κ3) is 0.942. The molecule has 0 radical (unpaired) electrons. The normalized spacial score (nSPS) is 23.2. The van der Waals surface area contributed by atoms with Crippen LogP contribution in [0.1, 0.15) is 25.7 Å². The molecule has 2 rings (SSSR count). The molecule has 0 amide bonds. The lowest BCUT2D eigenvalue weighted by molar-refractivity contribution is 0.830. The molecule has 2 aliphatic carbocycles. The van der Waals surface area contributed by atoms with Crippen molar-refractivity contribution in [2.24, 2.45) is 0 Å².